The van der Waals surface area contributed by atoms with Crippen molar-refractivity contribution in [1.29, 1.82) is 0 Å². The fraction of sp³-hybridized carbons (Fsp3) is 0.780. The molecule has 0 rings (SSSR count). The molecule has 3 atom stereocenters. The quantitative estimate of drug-likeness (QED) is 0.0414. The topological polar surface area (TPSA) is 89.8 Å². The van der Waals surface area contributed by atoms with Crippen molar-refractivity contribution < 1.29 is 20.1 Å². The van der Waals surface area contributed by atoms with Gasteiger partial charge in [0.15, 0.2) is 0 Å². The summed E-state index contributed by atoms with van der Waals surface area (Å²) >= 11 is 0. The molecule has 0 aromatic rings. The van der Waals surface area contributed by atoms with Crippen molar-refractivity contribution in [3.63, 3.8) is 0 Å². The van der Waals surface area contributed by atoms with Crippen molar-refractivity contribution in [2.45, 2.75) is 199 Å². The van der Waals surface area contributed by atoms with Crippen molar-refractivity contribution in [3.05, 3.63) is 48.6 Å². The van der Waals surface area contributed by atoms with Crippen LogP contribution in [-0.2, 0) is 4.79 Å². The molecule has 1 amide bonds. The Hall–Kier alpha value is -1.69. The van der Waals surface area contributed by atoms with E-state index in [2.05, 4.69) is 55.6 Å². The maximum Gasteiger partial charge on any atom is 0.222 e. The number of aliphatic hydroxyl groups is 3. The third-order valence-corrected chi connectivity index (χ3v) is 8.55. The van der Waals surface area contributed by atoms with Gasteiger partial charge < -0.3 is 20.6 Å². The van der Waals surface area contributed by atoms with Crippen LogP contribution in [0, 0.1) is 0 Å². The summed E-state index contributed by atoms with van der Waals surface area (Å²) in [5.74, 6) is -0.338. The summed E-state index contributed by atoms with van der Waals surface area (Å²) in [6.45, 7) is 4.10. The molecular formula is C41H75NO4. The molecule has 0 radical (unpaired) electrons. The number of aliphatic hydroxyl groups excluding tert-OH is 3. The SMILES string of the molecule is CCC/C=C/CC/C=C/CC/C=C/C(O)C(CO)NC(=O)CC(O)CCCCCCC/C=C\CCCCCCCCCCCCC. The van der Waals surface area contributed by atoms with Crippen LogP contribution in [0.3, 0.4) is 0 Å². The van der Waals surface area contributed by atoms with Crippen LogP contribution in [0.15, 0.2) is 48.6 Å². The maximum absolute atomic E-state index is 12.4. The van der Waals surface area contributed by atoms with Gasteiger partial charge in [-0.15, -0.1) is 0 Å². The molecule has 0 saturated heterocycles. The van der Waals surface area contributed by atoms with Crippen LogP contribution in [0.2, 0.25) is 0 Å². The average molecular weight is 646 g/mol. The monoisotopic (exact) mass is 646 g/mol. The maximum atomic E-state index is 12.4. The summed E-state index contributed by atoms with van der Waals surface area (Å²) in [4.78, 5) is 12.4. The summed E-state index contributed by atoms with van der Waals surface area (Å²) in [6.07, 6.45) is 45.3. The molecule has 5 nitrogen and oxygen atoms in total. The number of unbranched alkanes of at least 4 members (excludes halogenated alkanes) is 19. The van der Waals surface area contributed by atoms with Crippen LogP contribution in [-0.4, -0.2) is 46.1 Å². The molecule has 0 aromatic carbocycles. The molecule has 268 valence electrons. The zero-order valence-electron chi connectivity index (χ0n) is 30.2. The van der Waals surface area contributed by atoms with Gasteiger partial charge in [0.1, 0.15) is 0 Å². The van der Waals surface area contributed by atoms with Gasteiger partial charge in [-0.3, -0.25) is 4.79 Å². The molecule has 0 saturated carbocycles. The lowest BCUT2D eigenvalue weighted by Crippen LogP contribution is -2.45. The number of nitrogens with one attached hydrogen (secondary N) is 1. The van der Waals surface area contributed by atoms with E-state index in [1.807, 2.05) is 6.08 Å². The first-order chi connectivity index (χ1) is 22.5. The molecule has 0 aliphatic carbocycles. The van der Waals surface area contributed by atoms with Gasteiger partial charge in [0, 0.05) is 0 Å². The van der Waals surface area contributed by atoms with Gasteiger partial charge >= 0.3 is 0 Å². The van der Waals surface area contributed by atoms with Crippen molar-refractivity contribution in [2.24, 2.45) is 0 Å². The highest BCUT2D eigenvalue weighted by atomic mass is 16.3. The molecule has 0 fully saturated rings. The van der Waals surface area contributed by atoms with Crippen LogP contribution in [0.4, 0.5) is 0 Å². The first-order valence-corrected chi connectivity index (χ1v) is 19.4. The predicted molar refractivity (Wildman–Crippen MR) is 199 cm³/mol. The number of amides is 1. The first kappa shape index (κ1) is 44.3. The summed E-state index contributed by atoms with van der Waals surface area (Å²) in [5, 5.41) is 33.0. The van der Waals surface area contributed by atoms with Gasteiger partial charge in [-0.05, 0) is 64.2 Å². The molecule has 0 heterocycles. The Kier molecular flexibility index (Phi) is 34.8. The fourth-order valence-electron chi connectivity index (χ4n) is 5.55. The van der Waals surface area contributed by atoms with E-state index < -0.39 is 18.2 Å². The van der Waals surface area contributed by atoms with Crippen molar-refractivity contribution >= 4 is 5.91 Å². The molecule has 0 aromatic heterocycles. The molecule has 0 spiro atoms. The molecule has 3 unspecified atom stereocenters. The zero-order valence-corrected chi connectivity index (χ0v) is 30.2. The van der Waals surface area contributed by atoms with Crippen LogP contribution in [0.5, 0.6) is 0 Å². The highest BCUT2D eigenvalue weighted by molar-refractivity contribution is 5.76. The summed E-state index contributed by atoms with van der Waals surface area (Å²) < 4.78 is 0. The normalized spacial score (nSPS) is 14.3. The molecule has 0 aliphatic rings. The van der Waals surface area contributed by atoms with Crippen LogP contribution >= 0.6 is 0 Å². The molecule has 5 heteroatoms. The second kappa shape index (κ2) is 36.2. The standard InChI is InChI=1S/C41H75NO4/c1-3-5-7-9-11-13-15-16-17-18-19-20-21-22-23-25-26-28-30-32-34-38(44)36-41(46)42-39(37-43)40(45)35-33-31-29-27-24-14-12-10-8-6-4-2/h8,10,21-22,24,27,33,35,38-40,43-45H,3-7,9,11-20,23,25-26,28-32,34,36-37H2,1-2H3,(H,42,46)/b10-8+,22-21-,27-24+,35-33+. The lowest BCUT2D eigenvalue weighted by Gasteiger charge is -2.20. The highest BCUT2D eigenvalue weighted by Crippen LogP contribution is 2.13. The van der Waals surface area contributed by atoms with Crippen LogP contribution < -0.4 is 5.32 Å². The van der Waals surface area contributed by atoms with E-state index in [1.54, 1.807) is 6.08 Å². The number of carbonyl (C=O) groups is 1. The van der Waals surface area contributed by atoms with Crippen LogP contribution in [0.1, 0.15) is 181 Å². The molecule has 46 heavy (non-hydrogen) atoms. The van der Waals surface area contributed by atoms with E-state index in [1.165, 1.54) is 96.3 Å². The van der Waals surface area contributed by atoms with Gasteiger partial charge in [0.25, 0.3) is 0 Å². The zero-order chi connectivity index (χ0) is 33.8. The highest BCUT2D eigenvalue weighted by Gasteiger charge is 2.20. The Morgan fingerprint density at radius 1 is 0.543 bits per heavy atom. The van der Waals surface area contributed by atoms with Gasteiger partial charge in [-0.1, -0.05) is 159 Å². The summed E-state index contributed by atoms with van der Waals surface area (Å²) in [5.41, 5.74) is 0. The number of carbonyl (C=O) groups excluding carboxylic acids is 1. The van der Waals surface area contributed by atoms with E-state index in [-0.39, 0.29) is 18.9 Å². The Labute approximate surface area is 285 Å². The Morgan fingerprint density at radius 3 is 1.48 bits per heavy atom. The third kappa shape index (κ3) is 32.3. The minimum absolute atomic E-state index is 0.00468. The third-order valence-electron chi connectivity index (χ3n) is 8.55. The smallest absolute Gasteiger partial charge is 0.222 e. The van der Waals surface area contributed by atoms with Gasteiger partial charge in [-0.25, -0.2) is 0 Å². The second-order valence-electron chi connectivity index (χ2n) is 13.2. The average Bonchev–Trinajstić information content (AvgIpc) is 3.05. The summed E-state index contributed by atoms with van der Waals surface area (Å²) in [7, 11) is 0. The van der Waals surface area contributed by atoms with Crippen LogP contribution in [0.25, 0.3) is 0 Å². The van der Waals surface area contributed by atoms with E-state index in [9.17, 15) is 20.1 Å². The second-order valence-corrected chi connectivity index (χ2v) is 13.2. The minimum atomic E-state index is -0.960. The molecular weight excluding hydrogens is 570 g/mol. The fourth-order valence-corrected chi connectivity index (χ4v) is 5.55. The lowest BCUT2D eigenvalue weighted by molar-refractivity contribution is -0.124. The Bertz CT molecular complexity index is 760. The Balaban J connectivity index is 3.73. The molecule has 0 aliphatic heterocycles. The van der Waals surface area contributed by atoms with E-state index in [0.29, 0.717) is 6.42 Å². The van der Waals surface area contributed by atoms with E-state index >= 15 is 0 Å². The molecule has 4 N–H and O–H groups in total. The minimum Gasteiger partial charge on any atom is -0.394 e. The van der Waals surface area contributed by atoms with Gasteiger partial charge in [0.2, 0.25) is 5.91 Å². The number of rotatable bonds is 34. The largest absolute Gasteiger partial charge is 0.394 e. The van der Waals surface area contributed by atoms with Crippen molar-refractivity contribution in [1.82, 2.24) is 5.32 Å². The summed E-state index contributed by atoms with van der Waals surface area (Å²) in [6, 6.07) is -0.768. The first-order valence-electron chi connectivity index (χ1n) is 19.4. The number of allylic oxidation sites excluding steroid dienone is 7. The van der Waals surface area contributed by atoms with Gasteiger partial charge in [-0.2, -0.15) is 0 Å². The predicted octanol–water partition coefficient (Wildman–Crippen LogP) is 10.6. The Morgan fingerprint density at radius 2 is 0.978 bits per heavy atom. The number of hydrogen-bond acceptors (Lipinski definition) is 4. The van der Waals surface area contributed by atoms with E-state index in [4.69, 9.17) is 0 Å². The van der Waals surface area contributed by atoms with Gasteiger partial charge in [0.05, 0.1) is 31.3 Å². The van der Waals surface area contributed by atoms with E-state index in [0.717, 1.165) is 57.8 Å². The van der Waals surface area contributed by atoms with Crippen molar-refractivity contribution in [3.8, 4) is 0 Å². The van der Waals surface area contributed by atoms with Crippen molar-refractivity contribution in [2.75, 3.05) is 6.61 Å². The molecule has 0 bridgehead atoms. The number of hydrogen-bond donors (Lipinski definition) is 4. The lowest BCUT2D eigenvalue weighted by atomic mass is 10.0.